The van der Waals surface area contributed by atoms with Gasteiger partial charge in [-0.2, -0.15) is 0 Å². The molecule has 4 heteroatoms. The molecule has 0 bridgehead atoms. The lowest BCUT2D eigenvalue weighted by Crippen LogP contribution is -2.19. The van der Waals surface area contributed by atoms with Crippen molar-refractivity contribution in [3.05, 3.63) is 23.8 Å². The van der Waals surface area contributed by atoms with Crippen molar-refractivity contribution >= 4 is 0 Å². The van der Waals surface area contributed by atoms with E-state index in [1.165, 1.54) is 0 Å². The Hall–Kier alpha value is -1.26. The lowest BCUT2D eigenvalue weighted by molar-refractivity contribution is 0.121. The molecule has 1 N–H and O–H groups in total. The van der Waals surface area contributed by atoms with Gasteiger partial charge in [0.15, 0.2) is 11.5 Å². The zero-order chi connectivity index (χ0) is 13.9. The van der Waals surface area contributed by atoms with E-state index in [1.54, 1.807) is 7.11 Å². The van der Waals surface area contributed by atoms with Crippen molar-refractivity contribution in [3.8, 4) is 11.5 Å². The van der Waals surface area contributed by atoms with Crippen LogP contribution in [0.1, 0.15) is 18.9 Å². The van der Waals surface area contributed by atoms with Crippen LogP contribution in [0, 0.1) is 6.92 Å². The highest BCUT2D eigenvalue weighted by Crippen LogP contribution is 2.27. The summed E-state index contributed by atoms with van der Waals surface area (Å²) in [5.41, 5.74) is 1.16. The molecule has 0 spiro atoms. The van der Waals surface area contributed by atoms with Gasteiger partial charge in [0.25, 0.3) is 0 Å². The normalized spacial score (nSPS) is 10.5. The smallest absolute Gasteiger partial charge is 0.161 e. The molecule has 0 atom stereocenters. The third-order valence-corrected chi connectivity index (χ3v) is 2.68. The number of aryl methyl sites for hydroxylation is 1. The van der Waals surface area contributed by atoms with Crippen molar-refractivity contribution in [1.29, 1.82) is 0 Å². The molecule has 19 heavy (non-hydrogen) atoms. The highest BCUT2D eigenvalue weighted by molar-refractivity contribution is 5.42. The van der Waals surface area contributed by atoms with Crippen LogP contribution in [0.15, 0.2) is 18.2 Å². The molecule has 0 amide bonds. The molecule has 0 heterocycles. The quantitative estimate of drug-likeness (QED) is 0.661. The van der Waals surface area contributed by atoms with Crippen molar-refractivity contribution in [1.82, 2.24) is 5.32 Å². The van der Waals surface area contributed by atoms with E-state index in [-0.39, 0.29) is 0 Å². The molecule has 0 unspecified atom stereocenters. The van der Waals surface area contributed by atoms with Gasteiger partial charge >= 0.3 is 0 Å². The van der Waals surface area contributed by atoms with Crippen LogP contribution in [0.25, 0.3) is 0 Å². The molecule has 0 fully saturated rings. The highest BCUT2D eigenvalue weighted by atomic mass is 16.5. The maximum absolute atomic E-state index is 5.69. The van der Waals surface area contributed by atoms with Gasteiger partial charge in [-0.15, -0.1) is 0 Å². The minimum absolute atomic E-state index is 0.640. The van der Waals surface area contributed by atoms with Crippen molar-refractivity contribution in [2.45, 2.75) is 20.3 Å². The molecule has 0 aromatic heterocycles. The van der Waals surface area contributed by atoms with E-state index >= 15 is 0 Å². The van der Waals surface area contributed by atoms with Crippen LogP contribution in [0.4, 0.5) is 0 Å². The van der Waals surface area contributed by atoms with E-state index < -0.39 is 0 Å². The number of ether oxygens (including phenoxy) is 3. The second-order valence-electron chi connectivity index (χ2n) is 4.32. The minimum Gasteiger partial charge on any atom is -0.493 e. The average molecular weight is 267 g/mol. The first-order valence-electron chi connectivity index (χ1n) is 6.83. The van der Waals surface area contributed by atoms with Crippen LogP contribution < -0.4 is 14.8 Å². The Labute approximate surface area is 116 Å². The predicted molar refractivity (Wildman–Crippen MR) is 77.2 cm³/mol. The Kier molecular flexibility index (Phi) is 8.02. The summed E-state index contributed by atoms with van der Waals surface area (Å²) in [7, 11) is 1.66. The Morgan fingerprint density at radius 2 is 1.95 bits per heavy atom. The fraction of sp³-hybridized carbons (Fsp3) is 0.600. The van der Waals surface area contributed by atoms with Crippen LogP contribution in [0.5, 0.6) is 11.5 Å². The summed E-state index contributed by atoms with van der Waals surface area (Å²) in [5.74, 6) is 1.58. The Morgan fingerprint density at radius 3 is 2.68 bits per heavy atom. The summed E-state index contributed by atoms with van der Waals surface area (Å²) in [6.45, 7) is 8.12. The number of hydrogen-bond donors (Lipinski definition) is 1. The Bertz CT molecular complexity index is 355. The Morgan fingerprint density at radius 1 is 1.11 bits per heavy atom. The number of nitrogens with one attached hydrogen (secondary N) is 1. The maximum atomic E-state index is 5.69. The van der Waals surface area contributed by atoms with Gasteiger partial charge in [0.2, 0.25) is 0 Å². The number of rotatable bonds is 10. The van der Waals surface area contributed by atoms with Crippen molar-refractivity contribution in [2.75, 3.05) is 40.0 Å². The summed E-state index contributed by atoms with van der Waals surface area (Å²) < 4.78 is 16.4. The van der Waals surface area contributed by atoms with Gasteiger partial charge in [-0.3, -0.25) is 0 Å². The van der Waals surface area contributed by atoms with Crippen LogP contribution in [0.2, 0.25) is 0 Å². The summed E-state index contributed by atoms with van der Waals surface area (Å²) in [4.78, 5) is 0. The fourth-order valence-corrected chi connectivity index (χ4v) is 1.66. The zero-order valence-corrected chi connectivity index (χ0v) is 12.2. The number of methoxy groups -OCH3 is 1. The average Bonchev–Trinajstić information content (AvgIpc) is 2.43. The predicted octanol–water partition coefficient (Wildman–Crippen LogP) is 2.40. The van der Waals surface area contributed by atoms with E-state index in [9.17, 15) is 0 Å². The van der Waals surface area contributed by atoms with Crippen LogP contribution in [-0.2, 0) is 4.74 Å². The van der Waals surface area contributed by atoms with Crippen LogP contribution >= 0.6 is 0 Å². The molecular formula is C15H25NO3. The second kappa shape index (κ2) is 9.64. The molecule has 0 radical (unpaired) electrons. The third-order valence-electron chi connectivity index (χ3n) is 2.68. The highest BCUT2D eigenvalue weighted by Gasteiger charge is 2.03. The molecule has 1 aromatic rings. The first kappa shape index (κ1) is 15.8. The van der Waals surface area contributed by atoms with E-state index in [4.69, 9.17) is 14.2 Å². The molecule has 0 aliphatic heterocycles. The molecular weight excluding hydrogens is 242 g/mol. The van der Waals surface area contributed by atoms with Gasteiger partial charge in [-0.1, -0.05) is 13.0 Å². The van der Waals surface area contributed by atoms with Crippen molar-refractivity contribution in [2.24, 2.45) is 0 Å². The monoisotopic (exact) mass is 267 g/mol. The molecule has 4 nitrogen and oxygen atoms in total. The molecule has 0 saturated carbocycles. The maximum Gasteiger partial charge on any atom is 0.161 e. The number of hydrogen-bond acceptors (Lipinski definition) is 4. The van der Waals surface area contributed by atoms with E-state index in [1.807, 2.05) is 25.1 Å². The molecule has 1 rings (SSSR count). The molecule has 1 aromatic carbocycles. The summed E-state index contributed by atoms with van der Waals surface area (Å²) in [6, 6.07) is 5.94. The molecule has 0 saturated heterocycles. The summed E-state index contributed by atoms with van der Waals surface area (Å²) in [5, 5.41) is 3.21. The lowest BCUT2D eigenvalue weighted by Gasteiger charge is -2.11. The molecule has 0 aliphatic rings. The Balaban J connectivity index is 2.15. The SMILES string of the molecule is CCNCCOCCCOc1ccc(C)cc1OC. The summed E-state index contributed by atoms with van der Waals surface area (Å²) >= 11 is 0. The van der Waals surface area contributed by atoms with Crippen LogP contribution in [-0.4, -0.2) is 40.0 Å². The fourth-order valence-electron chi connectivity index (χ4n) is 1.66. The first-order chi connectivity index (χ1) is 9.27. The number of likely N-dealkylation sites (N-methyl/N-ethyl adjacent to an activating group) is 1. The second-order valence-corrected chi connectivity index (χ2v) is 4.32. The van der Waals surface area contributed by atoms with Gasteiger partial charge in [0, 0.05) is 19.6 Å². The molecule has 108 valence electrons. The van der Waals surface area contributed by atoms with Gasteiger partial charge in [-0.25, -0.2) is 0 Å². The first-order valence-corrected chi connectivity index (χ1v) is 6.83. The number of benzene rings is 1. The lowest BCUT2D eigenvalue weighted by atomic mass is 10.2. The van der Waals surface area contributed by atoms with E-state index in [0.29, 0.717) is 6.61 Å². The van der Waals surface area contributed by atoms with Gasteiger partial charge in [-0.05, 0) is 31.2 Å². The van der Waals surface area contributed by atoms with Crippen LogP contribution in [0.3, 0.4) is 0 Å². The molecule has 0 aliphatic carbocycles. The largest absolute Gasteiger partial charge is 0.493 e. The van der Waals surface area contributed by atoms with Crippen molar-refractivity contribution in [3.63, 3.8) is 0 Å². The van der Waals surface area contributed by atoms with Gasteiger partial charge < -0.3 is 19.5 Å². The minimum atomic E-state index is 0.640. The topological polar surface area (TPSA) is 39.7 Å². The van der Waals surface area contributed by atoms with E-state index in [0.717, 1.165) is 49.8 Å². The summed E-state index contributed by atoms with van der Waals surface area (Å²) in [6.07, 6.45) is 0.878. The standard InChI is InChI=1S/C15H25NO3/c1-4-16-8-11-18-9-5-10-19-14-7-6-13(2)12-15(14)17-3/h6-7,12,16H,4-5,8-11H2,1-3H3. The van der Waals surface area contributed by atoms with E-state index in [2.05, 4.69) is 12.2 Å². The van der Waals surface area contributed by atoms with Crippen molar-refractivity contribution < 1.29 is 14.2 Å². The van der Waals surface area contributed by atoms with Gasteiger partial charge in [0.1, 0.15) is 0 Å². The zero-order valence-electron chi connectivity index (χ0n) is 12.2. The third kappa shape index (κ3) is 6.45. The van der Waals surface area contributed by atoms with Gasteiger partial charge in [0.05, 0.1) is 20.3 Å².